The first-order valence-electron chi connectivity index (χ1n) is 7.28. The van der Waals surface area contributed by atoms with Gasteiger partial charge in [-0.2, -0.15) is 0 Å². The summed E-state index contributed by atoms with van der Waals surface area (Å²) in [5.74, 6) is -0.119. The minimum atomic E-state index is -0.381. The van der Waals surface area contributed by atoms with Crippen molar-refractivity contribution in [3.05, 3.63) is 38.9 Å². The smallest absolute Gasteiger partial charge is 0.309 e. The van der Waals surface area contributed by atoms with E-state index in [2.05, 4.69) is 4.90 Å². The minimum absolute atomic E-state index is 0.119. The summed E-state index contributed by atoms with van der Waals surface area (Å²) in [6.45, 7) is 2.68. The molecule has 120 valence electrons. The van der Waals surface area contributed by atoms with Gasteiger partial charge in [0.05, 0.1) is 4.34 Å². The van der Waals surface area contributed by atoms with Crippen LogP contribution in [0.4, 0.5) is 9.80 Å². The summed E-state index contributed by atoms with van der Waals surface area (Å²) < 4.78 is 0.773. The molecule has 0 spiro atoms. The van der Waals surface area contributed by atoms with E-state index in [9.17, 15) is 9.59 Å². The van der Waals surface area contributed by atoms with E-state index in [4.69, 9.17) is 11.6 Å². The van der Waals surface area contributed by atoms with E-state index in [0.29, 0.717) is 18.1 Å². The van der Waals surface area contributed by atoms with Gasteiger partial charge < -0.3 is 4.90 Å². The van der Waals surface area contributed by atoms with Crippen LogP contribution in [-0.2, 0) is 11.3 Å². The van der Waals surface area contributed by atoms with Crippen molar-refractivity contribution < 1.29 is 9.59 Å². The zero-order valence-corrected chi connectivity index (χ0v) is 14.5. The Morgan fingerprint density at radius 1 is 1.22 bits per heavy atom. The first-order valence-corrected chi connectivity index (χ1v) is 9.35. The third kappa shape index (κ3) is 2.67. The van der Waals surface area contributed by atoms with E-state index in [1.165, 1.54) is 21.1 Å². The van der Waals surface area contributed by atoms with E-state index in [0.717, 1.165) is 17.4 Å². The van der Waals surface area contributed by atoms with E-state index >= 15 is 0 Å². The second-order valence-electron chi connectivity index (χ2n) is 5.56. The predicted octanol–water partition coefficient (Wildman–Crippen LogP) is 3.12. The maximum Gasteiger partial charge on any atom is 0.332 e. The number of hydrogen-bond donors (Lipinski definition) is 0. The van der Waals surface area contributed by atoms with Crippen LogP contribution in [0, 0.1) is 0 Å². The van der Waals surface area contributed by atoms with Crippen molar-refractivity contribution in [1.29, 1.82) is 0 Å². The molecule has 2 aliphatic heterocycles. The largest absolute Gasteiger partial charge is 0.332 e. The number of rotatable bonds is 3. The van der Waals surface area contributed by atoms with Crippen molar-refractivity contribution in [2.45, 2.75) is 12.6 Å². The Morgan fingerprint density at radius 2 is 2.09 bits per heavy atom. The zero-order chi connectivity index (χ0) is 16.0. The molecule has 23 heavy (non-hydrogen) atoms. The molecule has 2 fully saturated rings. The van der Waals surface area contributed by atoms with E-state index in [-0.39, 0.29) is 18.0 Å². The van der Waals surface area contributed by atoms with E-state index in [1.54, 1.807) is 16.2 Å². The molecule has 1 unspecified atom stereocenters. The van der Waals surface area contributed by atoms with Gasteiger partial charge in [-0.15, -0.1) is 22.7 Å². The Hall–Kier alpha value is -1.41. The molecule has 4 rings (SSSR count). The lowest BCUT2D eigenvalue weighted by Gasteiger charge is -2.34. The van der Waals surface area contributed by atoms with Crippen molar-refractivity contribution >= 4 is 51.2 Å². The number of urea groups is 1. The Labute approximate surface area is 146 Å². The fraction of sp³-hybridized carbons (Fsp3) is 0.333. The summed E-state index contributed by atoms with van der Waals surface area (Å²) in [4.78, 5) is 31.6. The van der Waals surface area contributed by atoms with Crippen LogP contribution in [0.25, 0.3) is 0 Å². The highest BCUT2D eigenvalue weighted by Crippen LogP contribution is 2.31. The molecule has 4 heterocycles. The number of imide groups is 1. The van der Waals surface area contributed by atoms with Crippen LogP contribution in [-0.4, -0.2) is 47.4 Å². The quantitative estimate of drug-likeness (QED) is 0.783. The standard InChI is InChI=1S/C15H14ClN3O2S2/c16-12-4-3-10(23-12)8-17-5-6-18-11(9-17)14(20)19(15(18)21)13-2-1-7-22-13/h1-4,7,11H,5-6,8-9H2. The van der Waals surface area contributed by atoms with Gasteiger partial charge >= 0.3 is 6.03 Å². The fourth-order valence-electron chi connectivity index (χ4n) is 3.05. The van der Waals surface area contributed by atoms with Crippen molar-refractivity contribution in [3.63, 3.8) is 0 Å². The highest BCUT2D eigenvalue weighted by molar-refractivity contribution is 7.16. The Bertz CT molecular complexity index is 746. The Morgan fingerprint density at radius 3 is 2.78 bits per heavy atom. The number of hydrogen-bond acceptors (Lipinski definition) is 5. The van der Waals surface area contributed by atoms with Crippen molar-refractivity contribution in [2.75, 3.05) is 24.5 Å². The highest BCUT2D eigenvalue weighted by atomic mass is 35.5. The normalized spacial score (nSPS) is 22.0. The zero-order valence-electron chi connectivity index (χ0n) is 12.1. The van der Waals surface area contributed by atoms with Crippen LogP contribution in [0.5, 0.6) is 0 Å². The maximum absolute atomic E-state index is 12.7. The summed E-state index contributed by atoms with van der Waals surface area (Å²) in [5, 5.41) is 2.58. The monoisotopic (exact) mass is 367 g/mol. The van der Waals surface area contributed by atoms with Gasteiger partial charge in [0.15, 0.2) is 0 Å². The molecule has 0 bridgehead atoms. The van der Waals surface area contributed by atoms with Crippen molar-refractivity contribution in [2.24, 2.45) is 0 Å². The third-order valence-corrected chi connectivity index (χ3v) is 6.21. The van der Waals surface area contributed by atoms with E-state index < -0.39 is 0 Å². The van der Waals surface area contributed by atoms with Gasteiger partial charge in [0.2, 0.25) is 0 Å². The van der Waals surface area contributed by atoms with E-state index in [1.807, 2.05) is 29.6 Å². The number of nitrogens with zero attached hydrogens (tertiary/aromatic N) is 3. The molecule has 0 radical (unpaired) electrons. The Balaban J connectivity index is 1.51. The van der Waals surface area contributed by atoms with Crippen molar-refractivity contribution in [1.82, 2.24) is 9.80 Å². The van der Waals surface area contributed by atoms with Crippen LogP contribution >= 0.6 is 34.3 Å². The summed E-state index contributed by atoms with van der Waals surface area (Å²) in [5.41, 5.74) is 0. The first kappa shape index (κ1) is 15.1. The molecule has 0 N–H and O–H groups in total. The van der Waals surface area contributed by atoms with Gasteiger partial charge in [-0.3, -0.25) is 9.69 Å². The lowest BCUT2D eigenvalue weighted by Crippen LogP contribution is -2.52. The lowest BCUT2D eigenvalue weighted by molar-refractivity contribution is -0.121. The summed E-state index contributed by atoms with van der Waals surface area (Å²) in [6.07, 6.45) is 0. The average molecular weight is 368 g/mol. The number of amides is 3. The number of anilines is 1. The molecule has 0 aliphatic carbocycles. The molecule has 3 amide bonds. The van der Waals surface area contributed by atoms with Gasteiger partial charge in [0.1, 0.15) is 11.0 Å². The molecular weight excluding hydrogens is 354 g/mol. The van der Waals surface area contributed by atoms with Crippen LogP contribution < -0.4 is 4.90 Å². The Kier molecular flexibility index (Phi) is 3.88. The van der Waals surface area contributed by atoms with Gasteiger partial charge in [-0.05, 0) is 29.6 Å². The van der Waals surface area contributed by atoms with Gasteiger partial charge in [-0.25, -0.2) is 9.69 Å². The van der Waals surface area contributed by atoms with Crippen LogP contribution in [0.2, 0.25) is 4.34 Å². The average Bonchev–Trinajstić information content (AvgIpc) is 3.23. The number of halogens is 1. The predicted molar refractivity (Wildman–Crippen MR) is 92.3 cm³/mol. The fourth-order valence-corrected chi connectivity index (χ4v) is 4.91. The lowest BCUT2D eigenvalue weighted by atomic mass is 10.2. The number of thiophene rings is 2. The minimum Gasteiger partial charge on any atom is -0.309 e. The third-order valence-electron chi connectivity index (χ3n) is 4.14. The van der Waals surface area contributed by atoms with Crippen LogP contribution in [0.1, 0.15) is 4.88 Å². The molecule has 0 aromatic carbocycles. The molecule has 5 nitrogen and oxygen atoms in total. The van der Waals surface area contributed by atoms with Gasteiger partial charge in [-0.1, -0.05) is 11.6 Å². The summed E-state index contributed by atoms with van der Waals surface area (Å²) >= 11 is 8.94. The molecule has 0 saturated carbocycles. The van der Waals surface area contributed by atoms with Crippen LogP contribution in [0.15, 0.2) is 29.6 Å². The topological polar surface area (TPSA) is 43.9 Å². The van der Waals surface area contributed by atoms with Gasteiger partial charge in [0.25, 0.3) is 5.91 Å². The molecule has 2 aromatic rings. The number of carbonyl (C=O) groups excluding carboxylic acids is 2. The second-order valence-corrected chi connectivity index (χ2v) is 8.28. The molecule has 2 aliphatic rings. The maximum atomic E-state index is 12.7. The van der Waals surface area contributed by atoms with Crippen molar-refractivity contribution in [3.8, 4) is 0 Å². The first-order chi connectivity index (χ1) is 11.1. The second kappa shape index (κ2) is 5.90. The van der Waals surface area contributed by atoms with Gasteiger partial charge in [0, 0.05) is 31.1 Å². The number of fused-ring (bicyclic) bond motifs is 1. The molecule has 2 saturated heterocycles. The van der Waals surface area contributed by atoms with Crippen LogP contribution in [0.3, 0.4) is 0 Å². The SMILES string of the molecule is O=C1C2CN(Cc3ccc(Cl)s3)CCN2C(=O)N1c1cccs1. The highest BCUT2D eigenvalue weighted by Gasteiger charge is 2.48. The molecular formula is C15H14ClN3O2S2. The summed E-state index contributed by atoms with van der Waals surface area (Å²) in [7, 11) is 0. The molecule has 1 atom stereocenters. The molecule has 8 heteroatoms. The number of carbonyl (C=O) groups is 2. The number of piperazine rings is 1. The molecule has 2 aromatic heterocycles. The summed E-state index contributed by atoms with van der Waals surface area (Å²) in [6, 6.07) is 6.99.